The van der Waals surface area contributed by atoms with E-state index in [1.54, 1.807) is 10.9 Å². The van der Waals surface area contributed by atoms with Crippen molar-refractivity contribution >= 4 is 40.0 Å². The molecule has 0 saturated carbocycles. The van der Waals surface area contributed by atoms with Crippen LogP contribution >= 0.6 is 0 Å². The van der Waals surface area contributed by atoms with Crippen molar-refractivity contribution in [2.75, 3.05) is 12.3 Å². The lowest BCUT2D eigenvalue weighted by Crippen LogP contribution is -2.66. The number of carbonyl (C=O) groups is 1. The van der Waals surface area contributed by atoms with Gasteiger partial charge in [0, 0.05) is 0 Å². The molecule has 0 radical (unpaired) electrons. The molecule has 0 aromatic carbocycles. The average Bonchev–Trinajstić information content (AvgIpc) is 3.45. The average molecular weight is 622 g/mol. The summed E-state index contributed by atoms with van der Waals surface area (Å²) in [4.78, 5) is 26.6. The molecule has 0 aliphatic carbocycles. The summed E-state index contributed by atoms with van der Waals surface area (Å²) >= 11 is 0. The Bertz CT molecular complexity index is 1220. The lowest BCUT2D eigenvalue weighted by molar-refractivity contribution is -0.124. The number of hydrogen-bond acceptors (Lipinski definition) is 10. The van der Waals surface area contributed by atoms with Gasteiger partial charge in [0.05, 0.1) is 19.0 Å². The van der Waals surface area contributed by atoms with Crippen LogP contribution in [0, 0.1) is 5.92 Å². The molecule has 0 spiro atoms. The van der Waals surface area contributed by atoms with Crippen LogP contribution in [0.25, 0.3) is 11.2 Å². The summed E-state index contributed by atoms with van der Waals surface area (Å²) < 4.78 is 30.2. The van der Waals surface area contributed by atoms with Crippen LogP contribution in [0.4, 0.5) is 5.82 Å². The summed E-state index contributed by atoms with van der Waals surface area (Å²) in [5.41, 5.74) is 14.1. The number of nitrogens with zero attached hydrogens (tertiary/aromatic N) is 4. The van der Waals surface area contributed by atoms with Gasteiger partial charge in [-0.15, -0.1) is 0 Å². The summed E-state index contributed by atoms with van der Waals surface area (Å²) in [7, 11) is -5.76. The molecule has 2 saturated heterocycles. The molecule has 2 aromatic heterocycles. The van der Waals surface area contributed by atoms with Crippen molar-refractivity contribution in [3.8, 4) is 0 Å². The molecule has 14 heteroatoms. The van der Waals surface area contributed by atoms with Gasteiger partial charge in [-0.2, -0.15) is 0 Å². The predicted octanol–water partition coefficient (Wildman–Crippen LogP) is 4.12. The maximum Gasteiger partial charge on any atom is 0.335 e. The Balaban J connectivity index is 1.84. The number of ether oxygens (including phenoxy) is 1. The number of rotatable bonds is 9. The first-order chi connectivity index (χ1) is 19.6. The van der Waals surface area contributed by atoms with Crippen LogP contribution < -0.4 is 16.8 Å². The number of anilines is 1. The van der Waals surface area contributed by atoms with Gasteiger partial charge in [-0.25, -0.2) is 15.0 Å². The predicted molar refractivity (Wildman–Crippen MR) is 167 cm³/mol. The van der Waals surface area contributed by atoms with Gasteiger partial charge >= 0.3 is 17.1 Å². The van der Waals surface area contributed by atoms with Crippen molar-refractivity contribution in [2.24, 2.45) is 11.7 Å². The van der Waals surface area contributed by atoms with Gasteiger partial charge in [-0.05, 0) is 34.5 Å². The summed E-state index contributed by atoms with van der Waals surface area (Å²) in [6, 6.07) is -1.29. The second-order valence-corrected chi connectivity index (χ2v) is 22.3. The quantitative estimate of drug-likeness (QED) is 0.347. The SMILES string of the molecule is CC(C)C[C@H](N)C(=O)N[C@@H]1[C@@H]2O[Si](C(C)C)(C(C)C)O[Si](C(C)C)(C(C)C)OC[C@H]2O[C@H]1n1cnc2c(N)ncnc21. The fraction of sp³-hybridized carbons (Fsp3) is 0.786. The van der Waals surface area contributed by atoms with Crippen molar-refractivity contribution in [3.63, 3.8) is 0 Å². The number of hydrogen-bond donors (Lipinski definition) is 3. The molecule has 1 amide bonds. The molecule has 236 valence electrons. The summed E-state index contributed by atoms with van der Waals surface area (Å²) in [6.07, 6.45) is 1.85. The Morgan fingerprint density at radius 2 is 1.62 bits per heavy atom. The highest BCUT2D eigenvalue weighted by atomic mass is 28.5. The molecule has 12 nitrogen and oxygen atoms in total. The van der Waals surface area contributed by atoms with Gasteiger partial charge in [0.2, 0.25) is 5.91 Å². The van der Waals surface area contributed by atoms with E-state index < -0.39 is 47.6 Å². The first kappa shape index (κ1) is 33.0. The molecule has 0 bridgehead atoms. The zero-order chi connectivity index (χ0) is 31.1. The lowest BCUT2D eigenvalue weighted by Gasteiger charge is -2.51. The van der Waals surface area contributed by atoms with Crippen LogP contribution in [0.3, 0.4) is 0 Å². The number of fused-ring (bicyclic) bond motifs is 2. The van der Waals surface area contributed by atoms with E-state index in [1.165, 1.54) is 6.33 Å². The van der Waals surface area contributed by atoms with Crippen LogP contribution in [0.1, 0.15) is 81.9 Å². The Kier molecular flexibility index (Phi) is 9.87. The lowest BCUT2D eigenvalue weighted by atomic mass is 10.0. The molecule has 2 aromatic rings. The third-order valence-electron chi connectivity index (χ3n) is 8.71. The van der Waals surface area contributed by atoms with Crippen LogP contribution in [-0.2, 0) is 22.5 Å². The van der Waals surface area contributed by atoms with E-state index in [-0.39, 0.29) is 46.4 Å². The van der Waals surface area contributed by atoms with Crippen molar-refractivity contribution in [1.29, 1.82) is 0 Å². The molecule has 2 aliphatic rings. The Hall–Kier alpha value is -1.95. The number of nitrogen functional groups attached to an aromatic ring is 1. The van der Waals surface area contributed by atoms with Gasteiger partial charge in [0.1, 0.15) is 30.1 Å². The summed E-state index contributed by atoms with van der Waals surface area (Å²) in [6.45, 7) is 21.8. The number of imidazole rings is 1. The Labute approximate surface area is 252 Å². The van der Waals surface area contributed by atoms with E-state index >= 15 is 0 Å². The molecule has 0 unspecified atom stereocenters. The van der Waals surface area contributed by atoms with Crippen molar-refractivity contribution in [3.05, 3.63) is 12.7 Å². The number of carbonyl (C=O) groups excluding carboxylic acids is 1. The Morgan fingerprint density at radius 3 is 2.19 bits per heavy atom. The highest BCUT2D eigenvalue weighted by Gasteiger charge is 2.62. The fourth-order valence-corrected chi connectivity index (χ4v) is 17.7. The molecule has 2 fully saturated rings. The van der Waals surface area contributed by atoms with E-state index in [0.717, 1.165) is 0 Å². The zero-order valence-corrected chi connectivity index (χ0v) is 28.8. The van der Waals surface area contributed by atoms with E-state index in [1.807, 2.05) is 13.8 Å². The third-order valence-corrected chi connectivity index (χ3v) is 19.0. The highest BCUT2D eigenvalue weighted by Crippen LogP contribution is 2.48. The zero-order valence-electron chi connectivity index (χ0n) is 26.8. The molecular formula is C28H51N7O5Si2. The van der Waals surface area contributed by atoms with Gasteiger partial charge in [-0.1, -0.05) is 69.2 Å². The van der Waals surface area contributed by atoms with Crippen LogP contribution in [0.2, 0.25) is 22.2 Å². The third kappa shape index (κ3) is 5.91. The van der Waals surface area contributed by atoms with E-state index in [4.69, 9.17) is 29.2 Å². The first-order valence-corrected chi connectivity index (χ1v) is 19.2. The Morgan fingerprint density at radius 1 is 1.00 bits per heavy atom. The van der Waals surface area contributed by atoms with E-state index in [0.29, 0.717) is 17.6 Å². The minimum atomic E-state index is -2.99. The molecule has 4 rings (SSSR count). The maximum absolute atomic E-state index is 13.5. The summed E-state index contributed by atoms with van der Waals surface area (Å²) in [5.74, 6) is 0.271. The molecule has 2 aliphatic heterocycles. The normalized spacial score (nSPS) is 26.7. The van der Waals surface area contributed by atoms with Crippen molar-refractivity contribution in [2.45, 2.75) is 128 Å². The highest BCUT2D eigenvalue weighted by molar-refractivity contribution is 6.84. The molecule has 42 heavy (non-hydrogen) atoms. The second kappa shape index (κ2) is 12.6. The molecule has 5 atom stereocenters. The van der Waals surface area contributed by atoms with Crippen molar-refractivity contribution in [1.82, 2.24) is 24.8 Å². The largest absolute Gasteiger partial charge is 0.414 e. The summed E-state index contributed by atoms with van der Waals surface area (Å²) in [5, 5.41) is 3.22. The van der Waals surface area contributed by atoms with Gasteiger partial charge < -0.3 is 34.5 Å². The monoisotopic (exact) mass is 621 g/mol. The molecule has 5 N–H and O–H groups in total. The smallest absolute Gasteiger partial charge is 0.335 e. The van der Waals surface area contributed by atoms with Crippen LogP contribution in [0.15, 0.2) is 12.7 Å². The van der Waals surface area contributed by atoms with E-state index in [2.05, 4.69) is 75.7 Å². The van der Waals surface area contributed by atoms with Crippen LogP contribution in [-0.4, -0.2) is 73.4 Å². The number of amides is 1. The maximum atomic E-state index is 13.5. The van der Waals surface area contributed by atoms with Gasteiger partial charge in [0.25, 0.3) is 0 Å². The molecule has 4 heterocycles. The van der Waals surface area contributed by atoms with E-state index in [9.17, 15) is 4.79 Å². The molecular weight excluding hydrogens is 571 g/mol. The minimum absolute atomic E-state index is 0.115. The van der Waals surface area contributed by atoms with Gasteiger partial charge in [-0.3, -0.25) is 9.36 Å². The van der Waals surface area contributed by atoms with Crippen LogP contribution in [0.5, 0.6) is 0 Å². The first-order valence-electron chi connectivity index (χ1n) is 15.3. The minimum Gasteiger partial charge on any atom is -0.414 e. The topological polar surface area (TPSA) is 162 Å². The van der Waals surface area contributed by atoms with Crippen molar-refractivity contribution < 1.29 is 22.5 Å². The van der Waals surface area contributed by atoms with Gasteiger partial charge in [0.15, 0.2) is 17.7 Å². The second-order valence-electron chi connectivity index (χ2n) is 13.5. The number of aromatic nitrogens is 4. The fourth-order valence-electron chi connectivity index (χ4n) is 6.49. The standard InChI is InChI=1S/C28H51N7O5Si2/c1-15(2)11-20(29)27(36)34-22-24-21(38-28(22)35-14-33-23-25(30)31-13-32-26(23)35)12-37-41(16(3)4,17(5)6)40-42(39-24,18(7)8)19(9)10/h13-22,24,28H,11-12,29H2,1-10H3,(H,34,36)(H2,30,31,32)/t20-,21+,22+,24+,28+/m0/s1. The number of nitrogens with one attached hydrogen (secondary N) is 1. The number of nitrogens with two attached hydrogens (primary N) is 2.